The molecule has 2 rings (SSSR count). The van der Waals surface area contributed by atoms with Gasteiger partial charge in [-0.05, 0) is 12.1 Å². The number of non-ortho nitro benzene ring substituents is 1. The second-order valence-corrected chi connectivity index (χ2v) is 6.15. The molecule has 0 aliphatic rings. The van der Waals surface area contributed by atoms with E-state index < -0.39 is 66.1 Å². The van der Waals surface area contributed by atoms with Crippen molar-refractivity contribution in [2.45, 2.75) is 12.4 Å². The second-order valence-electron chi connectivity index (χ2n) is 5.34. The lowest BCUT2D eigenvalue weighted by Crippen LogP contribution is -2.12. The van der Waals surface area contributed by atoms with Gasteiger partial charge in [0.2, 0.25) is 0 Å². The van der Waals surface area contributed by atoms with E-state index in [0.29, 0.717) is 12.1 Å². The molecule has 0 atom stereocenters. The Hall–Kier alpha value is -2.80. The lowest BCUT2D eigenvalue weighted by atomic mass is 10.1. The summed E-state index contributed by atoms with van der Waals surface area (Å²) in [7, 11) is 0. The lowest BCUT2D eigenvalue weighted by Gasteiger charge is -2.17. The zero-order valence-corrected chi connectivity index (χ0v) is 14.9. The lowest BCUT2D eigenvalue weighted by molar-refractivity contribution is -0.394. The van der Waals surface area contributed by atoms with Crippen LogP contribution < -0.4 is 5.32 Å². The Bertz CT molecular complexity index is 987. The van der Waals surface area contributed by atoms with Crippen LogP contribution in [-0.4, -0.2) is 9.85 Å². The van der Waals surface area contributed by atoms with Crippen LogP contribution in [-0.2, 0) is 12.4 Å². The Morgan fingerprint density at radius 2 is 1.31 bits per heavy atom. The topological polar surface area (TPSA) is 98.3 Å². The van der Waals surface area contributed by atoms with Crippen LogP contribution in [0.1, 0.15) is 11.1 Å². The molecule has 2 aromatic carbocycles. The van der Waals surface area contributed by atoms with Gasteiger partial charge in [0.25, 0.3) is 11.4 Å². The van der Waals surface area contributed by atoms with Crippen molar-refractivity contribution in [3.63, 3.8) is 0 Å². The van der Waals surface area contributed by atoms with Gasteiger partial charge in [0.05, 0.1) is 42.8 Å². The van der Waals surface area contributed by atoms with E-state index in [1.165, 1.54) is 0 Å². The van der Waals surface area contributed by atoms with Crippen molar-refractivity contribution in [2.75, 3.05) is 5.32 Å². The van der Waals surface area contributed by atoms with Crippen LogP contribution in [0.25, 0.3) is 0 Å². The van der Waals surface area contributed by atoms with E-state index in [1.807, 2.05) is 5.32 Å². The maximum absolute atomic E-state index is 13.4. The van der Waals surface area contributed by atoms with E-state index >= 15 is 0 Å². The summed E-state index contributed by atoms with van der Waals surface area (Å²) in [5, 5.41) is 22.3. The highest BCUT2D eigenvalue weighted by molar-refractivity contribution is 6.39. The van der Waals surface area contributed by atoms with Gasteiger partial charge < -0.3 is 5.32 Å². The molecule has 0 bridgehead atoms. The van der Waals surface area contributed by atoms with E-state index in [0.717, 1.165) is 0 Å². The van der Waals surface area contributed by atoms with Crippen molar-refractivity contribution in [3.8, 4) is 0 Å². The number of alkyl halides is 6. The molecule has 0 heterocycles. The minimum absolute atomic E-state index is 0.0290. The van der Waals surface area contributed by atoms with Crippen LogP contribution in [0, 0.1) is 20.2 Å². The fourth-order valence-corrected chi connectivity index (χ4v) is 2.78. The first-order chi connectivity index (χ1) is 13.1. The summed E-state index contributed by atoms with van der Waals surface area (Å²) in [5.41, 5.74) is -7.68. The van der Waals surface area contributed by atoms with Crippen molar-refractivity contribution < 1.29 is 36.2 Å². The fourth-order valence-electron chi connectivity index (χ4n) is 2.20. The Kier molecular flexibility index (Phi) is 5.86. The molecule has 0 radical (unpaired) electrons. The number of hydrogen-bond donors (Lipinski definition) is 1. The third-order valence-corrected chi connectivity index (χ3v) is 4.03. The minimum Gasteiger partial charge on any atom is -0.347 e. The zero-order valence-electron chi connectivity index (χ0n) is 13.4. The monoisotopic (exact) mass is 463 g/mol. The number of nitrogens with one attached hydrogen (secondary N) is 1. The summed E-state index contributed by atoms with van der Waals surface area (Å²) < 4.78 is 78.4. The van der Waals surface area contributed by atoms with E-state index in [2.05, 4.69) is 0 Å². The summed E-state index contributed by atoms with van der Waals surface area (Å²) >= 11 is 11.3. The molecule has 0 unspecified atom stereocenters. The summed E-state index contributed by atoms with van der Waals surface area (Å²) in [5.74, 6) is 0. The molecule has 2 aromatic rings. The molecular formula is C14H5Cl2F6N3O4. The average molecular weight is 464 g/mol. The van der Waals surface area contributed by atoms with Crippen LogP contribution in [0.3, 0.4) is 0 Å². The van der Waals surface area contributed by atoms with Crippen molar-refractivity contribution in [2.24, 2.45) is 0 Å². The zero-order chi connectivity index (χ0) is 22.3. The van der Waals surface area contributed by atoms with Gasteiger partial charge in [-0.1, -0.05) is 23.2 Å². The summed E-state index contributed by atoms with van der Waals surface area (Å²) in [4.78, 5) is 19.4. The molecule has 0 spiro atoms. The minimum atomic E-state index is -5.30. The number of nitro groups is 2. The highest BCUT2D eigenvalue weighted by Gasteiger charge is 2.40. The van der Waals surface area contributed by atoms with Gasteiger partial charge in [-0.3, -0.25) is 20.2 Å². The fraction of sp³-hybridized carbons (Fsp3) is 0.143. The predicted octanol–water partition coefficient (Wildman–Crippen LogP) is 6.59. The Balaban J connectivity index is 2.75. The van der Waals surface area contributed by atoms with Gasteiger partial charge in [-0.2, -0.15) is 26.3 Å². The number of nitrogens with zero attached hydrogens (tertiary/aromatic N) is 2. The molecule has 7 nitrogen and oxygen atoms in total. The van der Waals surface area contributed by atoms with Crippen LogP contribution in [0.2, 0.25) is 10.0 Å². The molecule has 0 amide bonds. The van der Waals surface area contributed by atoms with Gasteiger partial charge in [0.15, 0.2) is 0 Å². The first-order valence-corrected chi connectivity index (χ1v) is 7.75. The van der Waals surface area contributed by atoms with Gasteiger partial charge >= 0.3 is 12.4 Å². The maximum atomic E-state index is 13.4. The van der Waals surface area contributed by atoms with Crippen molar-refractivity contribution in [1.29, 1.82) is 0 Å². The molecule has 0 saturated carbocycles. The second kappa shape index (κ2) is 7.55. The number of rotatable bonds is 4. The van der Waals surface area contributed by atoms with Crippen LogP contribution in [0.4, 0.5) is 49.1 Å². The van der Waals surface area contributed by atoms with Gasteiger partial charge in [0, 0.05) is 6.07 Å². The Morgan fingerprint density at radius 1 is 0.793 bits per heavy atom. The number of halogens is 8. The molecule has 0 aliphatic carbocycles. The molecule has 0 fully saturated rings. The number of nitro benzene ring substituents is 2. The number of anilines is 2. The first kappa shape index (κ1) is 22.5. The number of hydrogen-bond acceptors (Lipinski definition) is 5. The average Bonchev–Trinajstić information content (AvgIpc) is 2.55. The summed E-state index contributed by atoms with van der Waals surface area (Å²) in [6.07, 6.45) is -10.2. The highest BCUT2D eigenvalue weighted by Crippen LogP contribution is 2.46. The smallest absolute Gasteiger partial charge is 0.347 e. The van der Waals surface area contributed by atoms with E-state index in [1.54, 1.807) is 0 Å². The largest absolute Gasteiger partial charge is 0.418 e. The SMILES string of the molecule is O=[N+]([O-])c1cc([N+](=O)[O-])c(Nc2c(Cl)cc(C(F)(F)F)cc2Cl)c(C(F)(F)F)c1. The Labute approximate surface area is 166 Å². The Morgan fingerprint density at radius 3 is 1.69 bits per heavy atom. The predicted molar refractivity (Wildman–Crippen MR) is 89.5 cm³/mol. The molecule has 0 aromatic heterocycles. The molecule has 15 heteroatoms. The summed E-state index contributed by atoms with van der Waals surface area (Å²) in [6, 6.07) is 0.977. The van der Waals surface area contributed by atoms with Gasteiger partial charge in [-0.25, -0.2) is 0 Å². The van der Waals surface area contributed by atoms with E-state index in [-0.39, 0.29) is 12.1 Å². The van der Waals surface area contributed by atoms with Crippen LogP contribution in [0.5, 0.6) is 0 Å². The molecule has 29 heavy (non-hydrogen) atoms. The number of benzene rings is 2. The first-order valence-electron chi connectivity index (χ1n) is 7.00. The highest BCUT2D eigenvalue weighted by atomic mass is 35.5. The molecular weight excluding hydrogens is 459 g/mol. The van der Waals surface area contributed by atoms with E-state index in [9.17, 15) is 46.6 Å². The third-order valence-electron chi connectivity index (χ3n) is 3.43. The maximum Gasteiger partial charge on any atom is 0.418 e. The van der Waals surface area contributed by atoms with Gasteiger partial charge in [0.1, 0.15) is 5.69 Å². The molecule has 0 aliphatic heterocycles. The van der Waals surface area contributed by atoms with Crippen molar-refractivity contribution in [1.82, 2.24) is 0 Å². The van der Waals surface area contributed by atoms with Crippen LogP contribution in [0.15, 0.2) is 24.3 Å². The molecule has 1 N–H and O–H groups in total. The van der Waals surface area contributed by atoms with Crippen molar-refractivity contribution >= 4 is 46.0 Å². The normalized spacial score (nSPS) is 12.0. The van der Waals surface area contributed by atoms with Crippen LogP contribution >= 0.6 is 23.2 Å². The van der Waals surface area contributed by atoms with Crippen molar-refractivity contribution in [3.05, 3.63) is 65.7 Å². The summed E-state index contributed by atoms with van der Waals surface area (Å²) in [6.45, 7) is 0. The molecule has 0 saturated heterocycles. The standard InChI is InChI=1S/C14H5Cl2F6N3O4/c15-8-1-5(13(17,18)19)2-9(16)12(8)23-11-7(14(20,21)22)3-6(24(26)27)4-10(11)25(28)29/h1-4,23H. The molecule has 156 valence electrons. The van der Waals surface area contributed by atoms with Gasteiger partial charge in [-0.15, -0.1) is 0 Å². The van der Waals surface area contributed by atoms with E-state index in [4.69, 9.17) is 23.2 Å². The quantitative estimate of drug-likeness (QED) is 0.313. The third kappa shape index (κ3) is 4.79.